The highest BCUT2D eigenvalue weighted by Gasteiger charge is 2.03. The third-order valence-electron chi connectivity index (χ3n) is 1.07. The zero-order valence-corrected chi connectivity index (χ0v) is 6.94. The van der Waals surface area contributed by atoms with Gasteiger partial charge in [0.1, 0.15) is 0 Å². The minimum Gasteiger partial charge on any atom is -0.467 e. The second-order valence-electron chi connectivity index (χ2n) is 1.90. The lowest BCUT2D eigenvalue weighted by molar-refractivity contribution is 0.298. The zero-order chi connectivity index (χ0) is 8.97. The van der Waals surface area contributed by atoms with E-state index in [0.29, 0.717) is 6.61 Å². The van der Waals surface area contributed by atoms with E-state index in [-0.39, 0.29) is 18.0 Å². The summed E-state index contributed by atoms with van der Waals surface area (Å²) < 4.78 is 9.77. The smallest absolute Gasteiger partial charge is 0.324 e. The Morgan fingerprint density at radius 2 is 1.92 bits per heavy atom. The number of ether oxygens (including phenoxy) is 2. The van der Waals surface area contributed by atoms with Crippen LogP contribution in [0.3, 0.4) is 0 Å². The van der Waals surface area contributed by atoms with Gasteiger partial charge in [0.05, 0.1) is 13.7 Å². The third-order valence-corrected chi connectivity index (χ3v) is 1.07. The van der Waals surface area contributed by atoms with Gasteiger partial charge in [0.15, 0.2) is 0 Å². The number of hydrogen-bond acceptors (Lipinski definition) is 6. The van der Waals surface area contributed by atoms with Crippen molar-refractivity contribution in [2.45, 2.75) is 6.92 Å². The number of anilines is 1. The van der Waals surface area contributed by atoms with E-state index in [0.717, 1.165) is 0 Å². The van der Waals surface area contributed by atoms with Crippen LogP contribution in [0.4, 0.5) is 5.95 Å². The SMILES string of the molecule is CCOc1nc(N)nc(OC)n1. The Kier molecular flexibility index (Phi) is 2.62. The van der Waals surface area contributed by atoms with Crippen LogP contribution in [0.15, 0.2) is 0 Å². The van der Waals surface area contributed by atoms with Crippen molar-refractivity contribution in [2.24, 2.45) is 0 Å². The van der Waals surface area contributed by atoms with Crippen molar-refractivity contribution in [2.75, 3.05) is 19.5 Å². The molecule has 2 N–H and O–H groups in total. The number of nitrogens with zero attached hydrogens (tertiary/aromatic N) is 3. The molecule has 6 heteroatoms. The summed E-state index contributed by atoms with van der Waals surface area (Å²) in [6.07, 6.45) is 0. The summed E-state index contributed by atoms with van der Waals surface area (Å²) in [7, 11) is 1.45. The number of hydrogen-bond donors (Lipinski definition) is 1. The Bertz CT molecular complexity index is 266. The van der Waals surface area contributed by atoms with Gasteiger partial charge in [-0.2, -0.15) is 9.97 Å². The van der Waals surface area contributed by atoms with Crippen molar-refractivity contribution >= 4 is 5.95 Å². The molecule has 66 valence electrons. The molecule has 0 aliphatic heterocycles. The van der Waals surface area contributed by atoms with E-state index in [1.54, 1.807) is 0 Å². The molecular weight excluding hydrogens is 160 g/mol. The number of methoxy groups -OCH3 is 1. The molecule has 0 fully saturated rings. The van der Waals surface area contributed by atoms with Crippen molar-refractivity contribution in [3.8, 4) is 12.0 Å². The van der Waals surface area contributed by atoms with Gasteiger partial charge >= 0.3 is 12.0 Å². The minimum absolute atomic E-state index is 0.0882. The largest absolute Gasteiger partial charge is 0.467 e. The molecule has 1 aromatic rings. The number of aromatic nitrogens is 3. The third kappa shape index (κ3) is 1.94. The first kappa shape index (κ1) is 8.51. The summed E-state index contributed by atoms with van der Waals surface area (Å²) in [5.74, 6) is 0.0882. The summed E-state index contributed by atoms with van der Waals surface area (Å²) in [5.41, 5.74) is 5.34. The van der Waals surface area contributed by atoms with Crippen LogP contribution in [0.1, 0.15) is 6.92 Å². The molecule has 0 spiro atoms. The molecule has 0 radical (unpaired) electrons. The molecule has 0 unspecified atom stereocenters. The molecule has 0 saturated heterocycles. The van der Waals surface area contributed by atoms with E-state index in [1.807, 2.05) is 6.92 Å². The van der Waals surface area contributed by atoms with Crippen LogP contribution < -0.4 is 15.2 Å². The van der Waals surface area contributed by atoms with Crippen LogP contribution in [0.25, 0.3) is 0 Å². The quantitative estimate of drug-likeness (QED) is 0.679. The van der Waals surface area contributed by atoms with E-state index in [1.165, 1.54) is 7.11 Å². The van der Waals surface area contributed by atoms with Gasteiger partial charge in [-0.05, 0) is 6.92 Å². The maximum atomic E-state index is 5.34. The molecule has 0 amide bonds. The van der Waals surface area contributed by atoms with Gasteiger partial charge in [-0.1, -0.05) is 0 Å². The first-order chi connectivity index (χ1) is 5.76. The van der Waals surface area contributed by atoms with Gasteiger partial charge in [0, 0.05) is 0 Å². The predicted molar refractivity (Wildman–Crippen MR) is 42.0 cm³/mol. The van der Waals surface area contributed by atoms with E-state index >= 15 is 0 Å². The van der Waals surface area contributed by atoms with Crippen LogP contribution in [0.5, 0.6) is 12.0 Å². The molecule has 6 nitrogen and oxygen atoms in total. The first-order valence-electron chi connectivity index (χ1n) is 3.44. The fraction of sp³-hybridized carbons (Fsp3) is 0.500. The minimum atomic E-state index is 0.0882. The highest BCUT2D eigenvalue weighted by molar-refractivity contribution is 5.20. The Hall–Kier alpha value is -1.59. The zero-order valence-electron chi connectivity index (χ0n) is 6.94. The van der Waals surface area contributed by atoms with Gasteiger partial charge in [-0.25, -0.2) is 0 Å². The fourth-order valence-electron chi connectivity index (χ4n) is 0.638. The number of nitrogen functional groups attached to an aromatic ring is 1. The van der Waals surface area contributed by atoms with Crippen molar-refractivity contribution < 1.29 is 9.47 Å². The average molecular weight is 170 g/mol. The van der Waals surface area contributed by atoms with Crippen molar-refractivity contribution in [1.29, 1.82) is 0 Å². The lowest BCUT2D eigenvalue weighted by atomic mass is 10.8. The second-order valence-corrected chi connectivity index (χ2v) is 1.90. The highest BCUT2D eigenvalue weighted by Crippen LogP contribution is 2.09. The maximum Gasteiger partial charge on any atom is 0.324 e. The van der Waals surface area contributed by atoms with Crippen LogP contribution in [-0.2, 0) is 0 Å². The van der Waals surface area contributed by atoms with Crippen molar-refractivity contribution in [3.05, 3.63) is 0 Å². The Labute approximate surface area is 69.8 Å². The van der Waals surface area contributed by atoms with Gasteiger partial charge in [0.2, 0.25) is 5.95 Å². The van der Waals surface area contributed by atoms with E-state index in [9.17, 15) is 0 Å². The topological polar surface area (TPSA) is 83.2 Å². The van der Waals surface area contributed by atoms with Gasteiger partial charge < -0.3 is 15.2 Å². The molecule has 12 heavy (non-hydrogen) atoms. The van der Waals surface area contributed by atoms with Gasteiger partial charge in [-0.15, -0.1) is 4.98 Å². The standard InChI is InChI=1S/C6H10N4O2/c1-3-12-6-9-4(7)8-5(10-6)11-2/h3H2,1-2H3,(H2,7,8,9,10). The van der Waals surface area contributed by atoms with E-state index < -0.39 is 0 Å². The van der Waals surface area contributed by atoms with Crippen LogP contribution in [0.2, 0.25) is 0 Å². The van der Waals surface area contributed by atoms with Crippen LogP contribution >= 0.6 is 0 Å². The summed E-state index contributed by atoms with van der Waals surface area (Å²) in [5, 5.41) is 0. The summed E-state index contributed by atoms with van der Waals surface area (Å²) >= 11 is 0. The monoisotopic (exact) mass is 170 g/mol. The molecule has 1 aromatic heterocycles. The lowest BCUT2D eigenvalue weighted by Gasteiger charge is -2.02. The van der Waals surface area contributed by atoms with Crippen LogP contribution in [-0.4, -0.2) is 28.7 Å². The highest BCUT2D eigenvalue weighted by atomic mass is 16.5. The predicted octanol–water partition coefficient (Wildman–Crippen LogP) is -0.139. The van der Waals surface area contributed by atoms with Gasteiger partial charge in [-0.3, -0.25) is 0 Å². The van der Waals surface area contributed by atoms with Crippen LogP contribution in [0, 0.1) is 0 Å². The molecule has 1 rings (SSSR count). The molecule has 0 atom stereocenters. The lowest BCUT2D eigenvalue weighted by Crippen LogP contribution is -2.04. The maximum absolute atomic E-state index is 5.34. The average Bonchev–Trinajstić information content (AvgIpc) is 2.04. The summed E-state index contributed by atoms with van der Waals surface area (Å²) in [6, 6.07) is 0.341. The molecule has 0 aliphatic rings. The Morgan fingerprint density at radius 1 is 1.25 bits per heavy atom. The van der Waals surface area contributed by atoms with Gasteiger partial charge in [0.25, 0.3) is 0 Å². The Balaban J connectivity index is 2.90. The second kappa shape index (κ2) is 3.70. The van der Waals surface area contributed by atoms with E-state index in [4.69, 9.17) is 15.2 Å². The number of nitrogens with two attached hydrogens (primary N) is 1. The normalized spacial score (nSPS) is 9.50. The molecule has 0 bridgehead atoms. The summed E-state index contributed by atoms with van der Waals surface area (Å²) in [4.78, 5) is 11.2. The Morgan fingerprint density at radius 3 is 2.50 bits per heavy atom. The van der Waals surface area contributed by atoms with E-state index in [2.05, 4.69) is 15.0 Å². The van der Waals surface area contributed by atoms with Crippen molar-refractivity contribution in [3.63, 3.8) is 0 Å². The molecular formula is C6H10N4O2. The fourth-order valence-corrected chi connectivity index (χ4v) is 0.638. The molecule has 1 heterocycles. The molecule has 0 aromatic carbocycles. The molecule has 0 saturated carbocycles. The summed E-state index contributed by atoms with van der Waals surface area (Å²) in [6.45, 7) is 2.30. The van der Waals surface area contributed by atoms with Crippen molar-refractivity contribution in [1.82, 2.24) is 15.0 Å². The number of rotatable bonds is 3. The molecule has 0 aliphatic carbocycles. The first-order valence-corrected chi connectivity index (χ1v) is 3.44.